The number of nitrogens with zero attached hydrogens (tertiary/aromatic N) is 1. The Morgan fingerprint density at radius 3 is 3.05 bits per heavy atom. The number of anilines is 1. The van der Waals surface area contributed by atoms with Gasteiger partial charge in [0.15, 0.2) is 0 Å². The SMILES string of the molecule is CC1CCCCN1CCCNC(=O)c1cc(Cl)ccc1N. The van der Waals surface area contributed by atoms with Gasteiger partial charge in [-0.25, -0.2) is 0 Å². The highest BCUT2D eigenvalue weighted by molar-refractivity contribution is 6.31. The minimum Gasteiger partial charge on any atom is -0.398 e. The van der Waals surface area contributed by atoms with E-state index in [1.807, 2.05) is 0 Å². The fraction of sp³-hybridized carbons (Fsp3) is 0.562. The number of nitrogen functional groups attached to an aromatic ring is 1. The summed E-state index contributed by atoms with van der Waals surface area (Å²) in [4.78, 5) is 14.6. The third kappa shape index (κ3) is 4.61. The number of nitrogens with two attached hydrogens (primary N) is 1. The summed E-state index contributed by atoms with van der Waals surface area (Å²) in [7, 11) is 0. The lowest BCUT2D eigenvalue weighted by atomic mass is 10.0. The van der Waals surface area contributed by atoms with E-state index in [2.05, 4.69) is 17.1 Å². The average Bonchev–Trinajstić information content (AvgIpc) is 2.47. The fourth-order valence-electron chi connectivity index (χ4n) is 2.79. The molecule has 1 amide bonds. The molecule has 21 heavy (non-hydrogen) atoms. The van der Waals surface area contributed by atoms with Crippen molar-refractivity contribution in [1.82, 2.24) is 10.2 Å². The van der Waals surface area contributed by atoms with Gasteiger partial charge >= 0.3 is 0 Å². The van der Waals surface area contributed by atoms with Crippen LogP contribution in [0, 0.1) is 0 Å². The minimum absolute atomic E-state index is 0.151. The average molecular weight is 310 g/mol. The van der Waals surface area contributed by atoms with Gasteiger partial charge < -0.3 is 16.0 Å². The first-order chi connectivity index (χ1) is 10.1. The predicted octanol–water partition coefficient (Wildman–Crippen LogP) is 2.92. The number of piperidine rings is 1. The maximum absolute atomic E-state index is 12.1. The van der Waals surface area contributed by atoms with Gasteiger partial charge in [-0.3, -0.25) is 4.79 Å². The largest absolute Gasteiger partial charge is 0.398 e. The Hall–Kier alpha value is -1.26. The molecule has 0 spiro atoms. The van der Waals surface area contributed by atoms with Crippen molar-refractivity contribution in [1.29, 1.82) is 0 Å². The molecule has 0 aliphatic carbocycles. The van der Waals surface area contributed by atoms with E-state index in [4.69, 9.17) is 17.3 Å². The number of carbonyl (C=O) groups excluding carboxylic acids is 1. The number of hydrogen-bond donors (Lipinski definition) is 2. The normalized spacial score (nSPS) is 19.4. The number of carbonyl (C=O) groups is 1. The molecule has 116 valence electrons. The first-order valence-corrected chi connectivity index (χ1v) is 8.03. The van der Waals surface area contributed by atoms with Crippen molar-refractivity contribution in [3.05, 3.63) is 28.8 Å². The summed E-state index contributed by atoms with van der Waals surface area (Å²) in [5.41, 5.74) is 6.71. The van der Waals surface area contributed by atoms with E-state index in [1.54, 1.807) is 18.2 Å². The summed E-state index contributed by atoms with van der Waals surface area (Å²) in [6.45, 7) is 5.15. The van der Waals surface area contributed by atoms with Crippen LogP contribution in [0.1, 0.15) is 43.0 Å². The molecule has 1 aromatic rings. The Labute approximate surface area is 131 Å². The molecule has 5 heteroatoms. The van der Waals surface area contributed by atoms with E-state index < -0.39 is 0 Å². The molecular formula is C16H24ClN3O. The molecule has 1 aromatic carbocycles. The zero-order chi connectivity index (χ0) is 15.2. The van der Waals surface area contributed by atoms with Gasteiger partial charge in [0, 0.05) is 29.8 Å². The van der Waals surface area contributed by atoms with Crippen LogP contribution in [0.15, 0.2) is 18.2 Å². The van der Waals surface area contributed by atoms with Crippen LogP contribution in [-0.2, 0) is 0 Å². The molecule has 0 bridgehead atoms. The predicted molar refractivity (Wildman–Crippen MR) is 87.7 cm³/mol. The molecule has 1 aliphatic rings. The zero-order valence-corrected chi connectivity index (χ0v) is 13.3. The molecule has 1 saturated heterocycles. The number of benzene rings is 1. The van der Waals surface area contributed by atoms with Crippen LogP contribution in [0.3, 0.4) is 0 Å². The minimum atomic E-state index is -0.151. The van der Waals surface area contributed by atoms with Gasteiger partial charge in [0.2, 0.25) is 0 Å². The lowest BCUT2D eigenvalue weighted by molar-refractivity contribution is 0.0950. The van der Waals surface area contributed by atoms with E-state index >= 15 is 0 Å². The van der Waals surface area contributed by atoms with Crippen molar-refractivity contribution in [2.75, 3.05) is 25.4 Å². The molecule has 0 radical (unpaired) electrons. The molecule has 1 atom stereocenters. The van der Waals surface area contributed by atoms with Gasteiger partial charge in [-0.2, -0.15) is 0 Å². The number of likely N-dealkylation sites (tertiary alicyclic amines) is 1. The molecule has 4 nitrogen and oxygen atoms in total. The summed E-state index contributed by atoms with van der Waals surface area (Å²) in [5, 5.41) is 3.44. The van der Waals surface area contributed by atoms with Gasteiger partial charge in [-0.15, -0.1) is 0 Å². The maximum Gasteiger partial charge on any atom is 0.253 e. The topological polar surface area (TPSA) is 58.4 Å². The van der Waals surface area contributed by atoms with Crippen LogP contribution in [0.5, 0.6) is 0 Å². The molecular weight excluding hydrogens is 286 g/mol. The maximum atomic E-state index is 12.1. The molecule has 3 N–H and O–H groups in total. The summed E-state index contributed by atoms with van der Waals surface area (Å²) < 4.78 is 0. The van der Waals surface area contributed by atoms with Crippen molar-refractivity contribution < 1.29 is 4.79 Å². The van der Waals surface area contributed by atoms with Crippen LogP contribution in [-0.4, -0.2) is 36.5 Å². The van der Waals surface area contributed by atoms with Crippen LogP contribution >= 0.6 is 11.6 Å². The lowest BCUT2D eigenvalue weighted by Gasteiger charge is -2.33. The lowest BCUT2D eigenvalue weighted by Crippen LogP contribution is -2.39. The smallest absolute Gasteiger partial charge is 0.253 e. The van der Waals surface area contributed by atoms with Crippen molar-refractivity contribution in [2.45, 2.75) is 38.6 Å². The third-order valence-electron chi connectivity index (χ3n) is 4.11. The summed E-state index contributed by atoms with van der Waals surface area (Å²) in [5.74, 6) is -0.151. The molecule has 1 heterocycles. The van der Waals surface area contributed by atoms with E-state index in [1.165, 1.54) is 25.8 Å². The third-order valence-corrected chi connectivity index (χ3v) is 4.34. The number of halogens is 1. The molecule has 1 fully saturated rings. The zero-order valence-electron chi connectivity index (χ0n) is 12.6. The Morgan fingerprint density at radius 1 is 1.48 bits per heavy atom. The number of hydrogen-bond acceptors (Lipinski definition) is 3. The second-order valence-electron chi connectivity index (χ2n) is 5.72. The van der Waals surface area contributed by atoms with Gasteiger partial charge in [0.25, 0.3) is 5.91 Å². The summed E-state index contributed by atoms with van der Waals surface area (Å²) in [6, 6.07) is 5.62. The van der Waals surface area contributed by atoms with E-state index in [-0.39, 0.29) is 5.91 Å². The van der Waals surface area contributed by atoms with Crippen molar-refractivity contribution >= 4 is 23.2 Å². The molecule has 1 aliphatic heterocycles. The second kappa shape index (κ2) is 7.66. The summed E-state index contributed by atoms with van der Waals surface area (Å²) >= 11 is 5.90. The monoisotopic (exact) mass is 309 g/mol. The molecule has 0 aromatic heterocycles. The summed E-state index contributed by atoms with van der Waals surface area (Å²) in [6.07, 6.45) is 4.86. The number of nitrogens with one attached hydrogen (secondary N) is 1. The number of amides is 1. The Morgan fingerprint density at radius 2 is 2.29 bits per heavy atom. The van der Waals surface area contributed by atoms with Crippen molar-refractivity contribution in [3.8, 4) is 0 Å². The van der Waals surface area contributed by atoms with Crippen LogP contribution in [0.25, 0.3) is 0 Å². The molecule has 2 rings (SSSR count). The quantitative estimate of drug-likeness (QED) is 0.649. The van der Waals surface area contributed by atoms with Gasteiger partial charge in [0.05, 0.1) is 5.56 Å². The van der Waals surface area contributed by atoms with Crippen LogP contribution in [0.2, 0.25) is 5.02 Å². The van der Waals surface area contributed by atoms with Gasteiger partial charge in [-0.05, 0) is 50.9 Å². The Kier molecular flexibility index (Phi) is 5.88. The van der Waals surface area contributed by atoms with E-state index in [9.17, 15) is 4.79 Å². The standard InChI is InChI=1S/C16H24ClN3O/c1-12-5-2-3-9-20(12)10-4-8-19-16(21)14-11-13(17)6-7-15(14)18/h6-7,11-12H,2-5,8-10,18H2,1H3,(H,19,21). The van der Waals surface area contributed by atoms with Gasteiger partial charge in [0.1, 0.15) is 0 Å². The highest BCUT2D eigenvalue weighted by Gasteiger charge is 2.17. The number of rotatable bonds is 5. The van der Waals surface area contributed by atoms with Crippen molar-refractivity contribution in [2.24, 2.45) is 0 Å². The van der Waals surface area contributed by atoms with Crippen LogP contribution < -0.4 is 11.1 Å². The van der Waals surface area contributed by atoms with Crippen LogP contribution in [0.4, 0.5) is 5.69 Å². The van der Waals surface area contributed by atoms with E-state index in [0.29, 0.717) is 28.9 Å². The van der Waals surface area contributed by atoms with Gasteiger partial charge in [-0.1, -0.05) is 18.0 Å². The fourth-order valence-corrected chi connectivity index (χ4v) is 2.97. The Balaban J connectivity index is 1.75. The highest BCUT2D eigenvalue weighted by atomic mass is 35.5. The van der Waals surface area contributed by atoms with E-state index in [0.717, 1.165) is 13.0 Å². The highest BCUT2D eigenvalue weighted by Crippen LogP contribution is 2.18. The first kappa shape index (κ1) is 16.1. The first-order valence-electron chi connectivity index (χ1n) is 7.65. The Bertz CT molecular complexity index is 492. The molecule has 1 unspecified atom stereocenters. The molecule has 0 saturated carbocycles. The second-order valence-corrected chi connectivity index (χ2v) is 6.16. The van der Waals surface area contributed by atoms with Crippen molar-refractivity contribution in [3.63, 3.8) is 0 Å².